The molecule has 2 saturated carbocycles. The Kier molecular flexibility index (Phi) is 1.36. The van der Waals surface area contributed by atoms with Gasteiger partial charge in [0.2, 0.25) is 0 Å². The topological polar surface area (TPSA) is 43.4 Å². The molecule has 0 bridgehead atoms. The summed E-state index contributed by atoms with van der Waals surface area (Å²) >= 11 is 0. The molecule has 2 atom stereocenters. The zero-order valence-electron chi connectivity index (χ0n) is 6.54. The Bertz CT molecular complexity index is 269. The molecule has 4 heteroatoms. The van der Waals surface area contributed by atoms with E-state index in [1.54, 1.807) is 0 Å². The van der Waals surface area contributed by atoms with Crippen LogP contribution in [0, 0.1) is 5.92 Å². The minimum Gasteiger partial charge on any atom is -0.263 e. The van der Waals surface area contributed by atoms with E-state index in [-0.39, 0.29) is 5.60 Å². The van der Waals surface area contributed by atoms with Crippen molar-refractivity contribution >= 4 is 10.1 Å². The van der Waals surface area contributed by atoms with Crippen LogP contribution in [0.5, 0.6) is 0 Å². The lowest BCUT2D eigenvalue weighted by molar-refractivity contribution is 0.181. The van der Waals surface area contributed by atoms with Crippen molar-refractivity contribution in [3.8, 4) is 0 Å². The van der Waals surface area contributed by atoms with Crippen LogP contribution in [0.3, 0.4) is 0 Å². The van der Waals surface area contributed by atoms with Gasteiger partial charge in [0.1, 0.15) is 0 Å². The van der Waals surface area contributed by atoms with Crippen LogP contribution in [0.1, 0.15) is 25.7 Å². The molecule has 0 aromatic heterocycles. The molecule has 0 amide bonds. The minimum atomic E-state index is -3.22. The van der Waals surface area contributed by atoms with Crippen LogP contribution in [0.15, 0.2) is 0 Å². The molecule has 2 aliphatic carbocycles. The van der Waals surface area contributed by atoms with Crippen molar-refractivity contribution in [3.05, 3.63) is 0 Å². The van der Waals surface area contributed by atoms with E-state index in [9.17, 15) is 8.42 Å². The molecule has 0 N–H and O–H groups in total. The zero-order valence-corrected chi connectivity index (χ0v) is 7.36. The van der Waals surface area contributed by atoms with Gasteiger partial charge in [-0.2, -0.15) is 8.42 Å². The standard InChI is InChI=1S/C7H12O3S/c1-11(8,9)10-7-4-2-3-6(7)5-7/h6H,2-5H2,1H3. The van der Waals surface area contributed by atoms with E-state index in [4.69, 9.17) is 4.18 Å². The maximum Gasteiger partial charge on any atom is 0.264 e. The Morgan fingerprint density at radius 3 is 2.64 bits per heavy atom. The summed E-state index contributed by atoms with van der Waals surface area (Å²) in [7, 11) is -3.22. The summed E-state index contributed by atoms with van der Waals surface area (Å²) in [5.74, 6) is 0.539. The minimum absolute atomic E-state index is 0.242. The van der Waals surface area contributed by atoms with E-state index in [0.29, 0.717) is 5.92 Å². The predicted molar refractivity (Wildman–Crippen MR) is 40.6 cm³/mol. The van der Waals surface area contributed by atoms with Crippen molar-refractivity contribution in [3.63, 3.8) is 0 Å². The van der Waals surface area contributed by atoms with Crippen LogP contribution in [0.4, 0.5) is 0 Å². The van der Waals surface area contributed by atoms with E-state index < -0.39 is 10.1 Å². The predicted octanol–water partition coefficient (Wildman–Crippen LogP) is 0.905. The van der Waals surface area contributed by atoms with Gasteiger partial charge >= 0.3 is 0 Å². The summed E-state index contributed by atoms with van der Waals surface area (Å²) in [5, 5.41) is 0. The quantitative estimate of drug-likeness (QED) is 0.587. The molecule has 2 rings (SSSR count). The molecule has 2 aliphatic rings. The summed E-state index contributed by atoms with van der Waals surface area (Å²) in [6.07, 6.45) is 5.30. The van der Waals surface area contributed by atoms with Crippen LogP contribution in [-0.4, -0.2) is 20.3 Å². The number of hydrogen-bond acceptors (Lipinski definition) is 3. The van der Waals surface area contributed by atoms with Crippen LogP contribution in [-0.2, 0) is 14.3 Å². The highest BCUT2D eigenvalue weighted by molar-refractivity contribution is 7.86. The van der Waals surface area contributed by atoms with E-state index in [1.165, 1.54) is 0 Å². The van der Waals surface area contributed by atoms with Crippen molar-refractivity contribution in [1.29, 1.82) is 0 Å². The molecule has 0 aromatic carbocycles. The molecule has 2 fully saturated rings. The van der Waals surface area contributed by atoms with Crippen LogP contribution in [0.25, 0.3) is 0 Å². The van der Waals surface area contributed by atoms with E-state index in [1.807, 2.05) is 0 Å². The highest BCUT2D eigenvalue weighted by atomic mass is 32.2. The third-order valence-corrected chi connectivity index (χ3v) is 3.28. The monoisotopic (exact) mass is 176 g/mol. The maximum atomic E-state index is 10.8. The Hall–Kier alpha value is -0.0900. The lowest BCUT2D eigenvalue weighted by Crippen LogP contribution is -2.18. The first kappa shape index (κ1) is 7.55. The van der Waals surface area contributed by atoms with Gasteiger partial charge in [-0.3, -0.25) is 4.18 Å². The summed E-state index contributed by atoms with van der Waals surface area (Å²) in [5.41, 5.74) is -0.242. The SMILES string of the molecule is CS(=O)(=O)OC12CCCC1C2. The number of rotatable bonds is 2. The molecule has 0 aromatic rings. The summed E-state index contributed by atoms with van der Waals surface area (Å²) in [6, 6.07) is 0. The van der Waals surface area contributed by atoms with Crippen molar-refractivity contribution in [1.82, 2.24) is 0 Å². The normalized spacial score (nSPS) is 42.1. The van der Waals surface area contributed by atoms with Crippen molar-refractivity contribution in [2.45, 2.75) is 31.3 Å². The van der Waals surface area contributed by atoms with Gasteiger partial charge in [0, 0.05) is 0 Å². The van der Waals surface area contributed by atoms with E-state index >= 15 is 0 Å². The lowest BCUT2D eigenvalue weighted by atomic mass is 10.2. The summed E-state index contributed by atoms with van der Waals surface area (Å²) in [6.45, 7) is 0. The second kappa shape index (κ2) is 1.98. The fourth-order valence-corrected chi connectivity index (χ4v) is 3.01. The van der Waals surface area contributed by atoms with Gasteiger partial charge < -0.3 is 0 Å². The second-order valence-electron chi connectivity index (χ2n) is 3.65. The molecule has 0 radical (unpaired) electrons. The zero-order chi connectivity index (χ0) is 8.11. The molecular formula is C7H12O3S. The van der Waals surface area contributed by atoms with Gasteiger partial charge in [-0.1, -0.05) is 6.42 Å². The first-order chi connectivity index (χ1) is 5.02. The molecule has 2 unspecified atom stereocenters. The van der Waals surface area contributed by atoms with Gasteiger partial charge in [-0.05, 0) is 25.2 Å². The highest BCUT2D eigenvalue weighted by Gasteiger charge is 2.60. The van der Waals surface area contributed by atoms with Gasteiger partial charge in [0.05, 0.1) is 11.9 Å². The molecule has 0 aliphatic heterocycles. The first-order valence-corrected chi connectivity index (χ1v) is 5.74. The van der Waals surface area contributed by atoms with E-state index in [0.717, 1.165) is 31.9 Å². The third kappa shape index (κ3) is 1.29. The van der Waals surface area contributed by atoms with Gasteiger partial charge in [0.15, 0.2) is 0 Å². The summed E-state index contributed by atoms with van der Waals surface area (Å²) in [4.78, 5) is 0. The van der Waals surface area contributed by atoms with Crippen LogP contribution < -0.4 is 0 Å². The molecule has 3 nitrogen and oxygen atoms in total. The van der Waals surface area contributed by atoms with Crippen molar-refractivity contribution in [2.24, 2.45) is 5.92 Å². The molecule has 11 heavy (non-hydrogen) atoms. The van der Waals surface area contributed by atoms with Crippen LogP contribution >= 0.6 is 0 Å². The number of fused-ring (bicyclic) bond motifs is 1. The average molecular weight is 176 g/mol. The first-order valence-electron chi connectivity index (χ1n) is 3.92. The van der Waals surface area contributed by atoms with Gasteiger partial charge in [0.25, 0.3) is 10.1 Å². The smallest absolute Gasteiger partial charge is 0.263 e. The Labute approximate surface area is 66.9 Å². The molecule has 0 spiro atoms. The molecule has 64 valence electrons. The fourth-order valence-electron chi connectivity index (χ4n) is 2.12. The van der Waals surface area contributed by atoms with Crippen molar-refractivity contribution < 1.29 is 12.6 Å². The number of hydrogen-bond donors (Lipinski definition) is 0. The van der Waals surface area contributed by atoms with Gasteiger partial charge in [-0.15, -0.1) is 0 Å². The second-order valence-corrected chi connectivity index (χ2v) is 5.22. The largest absolute Gasteiger partial charge is 0.264 e. The Morgan fingerprint density at radius 1 is 1.55 bits per heavy atom. The Morgan fingerprint density at radius 2 is 2.27 bits per heavy atom. The Balaban J connectivity index is 2.08. The van der Waals surface area contributed by atoms with Gasteiger partial charge in [-0.25, -0.2) is 0 Å². The summed E-state index contributed by atoms with van der Waals surface area (Å²) < 4.78 is 26.6. The average Bonchev–Trinajstić information content (AvgIpc) is 2.30. The molecule has 0 saturated heterocycles. The fraction of sp³-hybridized carbons (Fsp3) is 1.00. The highest BCUT2D eigenvalue weighted by Crippen LogP contribution is 2.58. The molecule has 0 heterocycles. The lowest BCUT2D eigenvalue weighted by Gasteiger charge is -2.09. The van der Waals surface area contributed by atoms with E-state index in [2.05, 4.69) is 0 Å². The third-order valence-electron chi connectivity index (χ3n) is 2.65. The maximum absolute atomic E-state index is 10.8. The van der Waals surface area contributed by atoms with Crippen molar-refractivity contribution in [2.75, 3.05) is 6.26 Å². The molecular weight excluding hydrogens is 164 g/mol. The van der Waals surface area contributed by atoms with Crippen LogP contribution in [0.2, 0.25) is 0 Å².